The zero-order valence-corrected chi connectivity index (χ0v) is 13.7. The van der Waals surface area contributed by atoms with Gasteiger partial charge in [-0.1, -0.05) is 38.8 Å². The van der Waals surface area contributed by atoms with Crippen molar-refractivity contribution in [2.75, 3.05) is 0 Å². The summed E-state index contributed by atoms with van der Waals surface area (Å²) < 4.78 is 0. The number of oxime groups is 1. The van der Waals surface area contributed by atoms with Crippen molar-refractivity contribution in [2.24, 2.45) is 22.7 Å². The van der Waals surface area contributed by atoms with Gasteiger partial charge in [0.05, 0.1) is 0 Å². The zero-order valence-electron chi connectivity index (χ0n) is 13.7. The molecular weight excluding hydrogens is 266 g/mol. The first-order valence-electron chi connectivity index (χ1n) is 8.29. The molecule has 4 N–H and O–H groups in total. The Morgan fingerprint density at radius 3 is 2.52 bits per heavy atom. The summed E-state index contributed by atoms with van der Waals surface area (Å²) in [6.07, 6.45) is 7.35. The maximum absolute atomic E-state index is 12.6. The van der Waals surface area contributed by atoms with Crippen LogP contribution in [0.2, 0.25) is 0 Å². The summed E-state index contributed by atoms with van der Waals surface area (Å²) in [7, 11) is 0. The fourth-order valence-electron chi connectivity index (χ4n) is 3.10. The van der Waals surface area contributed by atoms with Crippen LogP contribution in [0.4, 0.5) is 0 Å². The molecule has 5 heteroatoms. The first kappa shape index (κ1) is 17.8. The zero-order chi connectivity index (χ0) is 15.9. The first-order valence-corrected chi connectivity index (χ1v) is 8.29. The lowest BCUT2D eigenvalue weighted by molar-refractivity contribution is -0.127. The molecule has 1 saturated carbocycles. The average molecular weight is 297 g/mol. The van der Waals surface area contributed by atoms with Gasteiger partial charge < -0.3 is 16.3 Å². The molecule has 0 aromatic rings. The number of amides is 1. The molecule has 1 amide bonds. The number of nitrogens with zero attached hydrogens (tertiary/aromatic N) is 1. The topological polar surface area (TPSA) is 87.7 Å². The molecule has 1 fully saturated rings. The molecule has 1 aliphatic rings. The Bertz CT molecular complexity index is 361. The monoisotopic (exact) mass is 297 g/mol. The van der Waals surface area contributed by atoms with E-state index in [4.69, 9.17) is 10.9 Å². The quantitative estimate of drug-likeness (QED) is 0.292. The summed E-state index contributed by atoms with van der Waals surface area (Å²) in [6.45, 7) is 6.37. The third-order valence-electron chi connectivity index (χ3n) is 4.86. The van der Waals surface area contributed by atoms with Gasteiger partial charge in [-0.15, -0.1) is 0 Å². The molecule has 0 bridgehead atoms. The van der Waals surface area contributed by atoms with Crippen molar-refractivity contribution >= 4 is 11.7 Å². The van der Waals surface area contributed by atoms with E-state index in [0.29, 0.717) is 5.92 Å². The summed E-state index contributed by atoms with van der Waals surface area (Å²) in [5.41, 5.74) is 5.25. The summed E-state index contributed by atoms with van der Waals surface area (Å²) in [5, 5.41) is 15.4. The number of nitrogens with two attached hydrogens (primary N) is 1. The minimum Gasteiger partial charge on any atom is -0.409 e. The number of hydrogen-bond acceptors (Lipinski definition) is 3. The van der Waals surface area contributed by atoms with Crippen molar-refractivity contribution in [2.45, 2.75) is 77.7 Å². The van der Waals surface area contributed by atoms with Crippen LogP contribution in [0.15, 0.2) is 5.16 Å². The van der Waals surface area contributed by atoms with E-state index in [1.807, 2.05) is 6.92 Å². The highest BCUT2D eigenvalue weighted by Gasteiger charge is 2.40. The summed E-state index contributed by atoms with van der Waals surface area (Å²) >= 11 is 0. The van der Waals surface area contributed by atoms with Gasteiger partial charge >= 0.3 is 0 Å². The van der Waals surface area contributed by atoms with E-state index < -0.39 is 5.54 Å². The fraction of sp³-hybridized carbons (Fsp3) is 0.875. The Hall–Kier alpha value is -1.26. The van der Waals surface area contributed by atoms with Crippen molar-refractivity contribution in [1.82, 2.24) is 5.32 Å². The van der Waals surface area contributed by atoms with Crippen LogP contribution in [0.5, 0.6) is 0 Å². The van der Waals surface area contributed by atoms with Crippen molar-refractivity contribution in [3.8, 4) is 0 Å². The lowest BCUT2D eigenvalue weighted by atomic mass is 9.76. The second-order valence-corrected chi connectivity index (χ2v) is 6.49. The molecule has 0 saturated heterocycles. The molecule has 122 valence electrons. The fourth-order valence-corrected chi connectivity index (χ4v) is 3.10. The minimum absolute atomic E-state index is 0.0210. The molecule has 0 aliphatic heterocycles. The smallest absolute Gasteiger partial charge is 0.223 e. The Balaban J connectivity index is 2.79. The van der Waals surface area contributed by atoms with Crippen LogP contribution < -0.4 is 11.1 Å². The largest absolute Gasteiger partial charge is 0.409 e. The molecule has 1 aliphatic carbocycles. The van der Waals surface area contributed by atoms with Gasteiger partial charge in [0.2, 0.25) is 5.91 Å². The van der Waals surface area contributed by atoms with E-state index in [9.17, 15) is 4.79 Å². The highest BCUT2D eigenvalue weighted by molar-refractivity contribution is 5.94. The number of amidine groups is 1. The highest BCUT2D eigenvalue weighted by Crippen LogP contribution is 2.32. The Labute approximate surface area is 128 Å². The molecule has 0 heterocycles. The molecule has 21 heavy (non-hydrogen) atoms. The Morgan fingerprint density at radius 1 is 1.43 bits per heavy atom. The number of carbonyl (C=O) groups is 1. The van der Waals surface area contributed by atoms with E-state index in [1.54, 1.807) is 0 Å². The van der Waals surface area contributed by atoms with E-state index in [2.05, 4.69) is 24.3 Å². The minimum atomic E-state index is -0.655. The number of hydrogen-bond donors (Lipinski definition) is 3. The van der Waals surface area contributed by atoms with E-state index in [-0.39, 0.29) is 17.7 Å². The van der Waals surface area contributed by atoms with E-state index >= 15 is 0 Å². The average Bonchev–Trinajstić information content (AvgIpc) is 2.49. The summed E-state index contributed by atoms with van der Waals surface area (Å²) in [4.78, 5) is 12.6. The van der Waals surface area contributed by atoms with Crippen LogP contribution in [-0.4, -0.2) is 22.5 Å². The van der Waals surface area contributed by atoms with Gasteiger partial charge in [-0.05, 0) is 44.4 Å². The van der Waals surface area contributed by atoms with Gasteiger partial charge in [0.1, 0.15) is 5.54 Å². The lowest BCUT2D eigenvalue weighted by Crippen LogP contribution is -2.60. The van der Waals surface area contributed by atoms with Crippen molar-refractivity contribution in [1.29, 1.82) is 0 Å². The van der Waals surface area contributed by atoms with Crippen LogP contribution in [-0.2, 0) is 4.79 Å². The van der Waals surface area contributed by atoms with Crippen LogP contribution in [0.3, 0.4) is 0 Å². The molecular formula is C16H31N3O2. The van der Waals surface area contributed by atoms with E-state index in [1.165, 1.54) is 0 Å². The van der Waals surface area contributed by atoms with Gasteiger partial charge in [-0.3, -0.25) is 4.79 Å². The van der Waals surface area contributed by atoms with Crippen LogP contribution >= 0.6 is 0 Å². The maximum Gasteiger partial charge on any atom is 0.223 e. The Morgan fingerprint density at radius 2 is 2.05 bits per heavy atom. The number of unbranched alkanes of at least 4 members (excludes halogenated alkanes) is 1. The van der Waals surface area contributed by atoms with Gasteiger partial charge in [-0.2, -0.15) is 0 Å². The van der Waals surface area contributed by atoms with Gasteiger partial charge in [0.15, 0.2) is 5.84 Å². The van der Waals surface area contributed by atoms with Gasteiger partial charge in [0.25, 0.3) is 0 Å². The normalized spacial score (nSPS) is 28.1. The molecule has 0 aromatic carbocycles. The van der Waals surface area contributed by atoms with Gasteiger partial charge in [0, 0.05) is 5.92 Å². The predicted octanol–water partition coefficient (Wildman–Crippen LogP) is 3.01. The van der Waals surface area contributed by atoms with Crippen LogP contribution in [0, 0.1) is 11.8 Å². The van der Waals surface area contributed by atoms with Crippen LogP contribution in [0.25, 0.3) is 0 Å². The maximum atomic E-state index is 12.6. The molecule has 1 rings (SSSR count). The molecule has 0 spiro atoms. The third kappa shape index (κ3) is 4.61. The summed E-state index contributed by atoms with van der Waals surface area (Å²) in [5.74, 6) is 0.844. The number of carbonyl (C=O) groups excluding carboxylic acids is 1. The Kier molecular flexibility index (Phi) is 6.99. The predicted molar refractivity (Wildman–Crippen MR) is 85.2 cm³/mol. The van der Waals surface area contributed by atoms with Crippen molar-refractivity contribution in [3.63, 3.8) is 0 Å². The first-order chi connectivity index (χ1) is 9.99. The summed E-state index contributed by atoms with van der Waals surface area (Å²) in [6, 6.07) is 0. The number of nitrogens with one attached hydrogen (secondary N) is 1. The molecule has 0 aromatic heterocycles. The van der Waals surface area contributed by atoms with Crippen molar-refractivity contribution < 1.29 is 10.0 Å². The molecule has 1 atom stereocenters. The second kappa shape index (κ2) is 8.25. The highest BCUT2D eigenvalue weighted by atomic mass is 16.4. The molecule has 1 unspecified atom stereocenters. The molecule has 0 radical (unpaired) electrons. The third-order valence-corrected chi connectivity index (χ3v) is 4.86. The van der Waals surface area contributed by atoms with E-state index in [0.717, 1.165) is 51.4 Å². The van der Waals surface area contributed by atoms with Crippen molar-refractivity contribution in [3.05, 3.63) is 0 Å². The SMILES string of the molecule is CCCCC(CC)C(=O)NC1(/C(N)=N/O)CCC(C)CC1. The second-order valence-electron chi connectivity index (χ2n) is 6.49. The standard InChI is InChI=1S/C16H31N3O2/c1-4-6-7-13(5-2)14(20)18-16(15(17)19-21)10-8-12(3)9-11-16/h12-13,21H,4-11H2,1-3H3,(H2,17,19)(H,18,20). The lowest BCUT2D eigenvalue weighted by Gasteiger charge is -2.39. The molecule has 5 nitrogen and oxygen atoms in total. The van der Waals surface area contributed by atoms with Crippen LogP contribution in [0.1, 0.15) is 72.1 Å². The van der Waals surface area contributed by atoms with Gasteiger partial charge in [-0.25, -0.2) is 0 Å². The number of rotatable bonds is 7.